The van der Waals surface area contributed by atoms with Crippen LogP contribution in [-0.2, 0) is 0 Å². The first-order valence-corrected chi connectivity index (χ1v) is 4.88. The zero-order valence-corrected chi connectivity index (χ0v) is 11.2. The Hall–Kier alpha value is 0.390. The van der Waals surface area contributed by atoms with Gasteiger partial charge in [-0.3, -0.25) is 4.98 Å². The van der Waals surface area contributed by atoms with Crippen molar-refractivity contribution in [3.8, 4) is 5.75 Å². The van der Waals surface area contributed by atoms with Crippen LogP contribution in [0.5, 0.6) is 5.75 Å². The van der Waals surface area contributed by atoms with Gasteiger partial charge in [-0.15, -0.1) is 17.0 Å². The summed E-state index contributed by atoms with van der Waals surface area (Å²) in [7, 11) is 0. The number of hydrogen-bond acceptors (Lipinski definition) is 2. The molecule has 1 aromatic heterocycles. The van der Waals surface area contributed by atoms with Crippen molar-refractivity contribution >= 4 is 48.8 Å². The topological polar surface area (TPSA) is 33.1 Å². The van der Waals surface area contributed by atoms with Crippen LogP contribution in [0, 0.1) is 6.92 Å². The number of aromatic nitrogens is 1. The third kappa shape index (κ3) is 3.03. The summed E-state index contributed by atoms with van der Waals surface area (Å²) < 4.78 is 0.0500. The van der Waals surface area contributed by atoms with Crippen molar-refractivity contribution < 1.29 is 5.11 Å². The Morgan fingerprint density at radius 3 is 2.50 bits per heavy atom. The fourth-order valence-corrected chi connectivity index (χ4v) is 1.16. The van der Waals surface area contributed by atoms with Crippen LogP contribution in [-0.4, -0.2) is 10.1 Å². The van der Waals surface area contributed by atoms with Crippen molar-refractivity contribution in [2.45, 2.75) is 10.7 Å². The standard InChI is InChI=1S/C7H7Br2NO.BrH/c1-4-6(11)2-5(3-10-4)7(8)9;/h2-3,7,11H,1H3;1H. The third-order valence-electron chi connectivity index (χ3n) is 1.33. The first kappa shape index (κ1) is 12.4. The minimum absolute atomic E-state index is 0. The zero-order valence-electron chi connectivity index (χ0n) is 6.29. The summed E-state index contributed by atoms with van der Waals surface area (Å²) in [6.07, 6.45) is 1.71. The van der Waals surface area contributed by atoms with E-state index in [4.69, 9.17) is 0 Å². The van der Waals surface area contributed by atoms with Gasteiger partial charge in [0, 0.05) is 6.20 Å². The molecule has 0 aromatic carbocycles. The Kier molecular flexibility index (Phi) is 5.36. The maximum absolute atomic E-state index is 9.24. The van der Waals surface area contributed by atoms with Crippen LogP contribution in [0.25, 0.3) is 0 Å². The molecule has 0 atom stereocenters. The van der Waals surface area contributed by atoms with E-state index in [1.165, 1.54) is 0 Å². The molecule has 0 bridgehead atoms. The van der Waals surface area contributed by atoms with Crippen molar-refractivity contribution in [3.05, 3.63) is 23.5 Å². The molecule has 0 unspecified atom stereocenters. The lowest BCUT2D eigenvalue weighted by molar-refractivity contribution is 0.467. The average Bonchev–Trinajstić information content (AvgIpc) is 1.94. The summed E-state index contributed by atoms with van der Waals surface area (Å²) in [6.45, 7) is 1.76. The molecule has 0 aliphatic heterocycles. The number of nitrogens with zero attached hydrogens (tertiary/aromatic N) is 1. The number of halogens is 3. The first-order valence-electron chi connectivity index (χ1n) is 3.05. The summed E-state index contributed by atoms with van der Waals surface area (Å²) in [5, 5.41) is 9.24. The smallest absolute Gasteiger partial charge is 0.137 e. The minimum Gasteiger partial charge on any atom is -0.506 e. The van der Waals surface area contributed by atoms with Crippen molar-refractivity contribution in [2.24, 2.45) is 0 Å². The van der Waals surface area contributed by atoms with Crippen LogP contribution in [0.2, 0.25) is 0 Å². The number of pyridine rings is 1. The molecule has 0 radical (unpaired) electrons. The lowest BCUT2D eigenvalue weighted by atomic mass is 10.2. The molecule has 1 N–H and O–H groups in total. The molecule has 2 nitrogen and oxygen atoms in total. The molecule has 0 aliphatic rings. The van der Waals surface area contributed by atoms with Crippen molar-refractivity contribution in [3.63, 3.8) is 0 Å². The van der Waals surface area contributed by atoms with Gasteiger partial charge in [-0.05, 0) is 18.6 Å². The Balaban J connectivity index is 0.00000121. The van der Waals surface area contributed by atoms with E-state index < -0.39 is 0 Å². The Labute approximate surface area is 98.4 Å². The van der Waals surface area contributed by atoms with Gasteiger partial charge >= 0.3 is 0 Å². The Morgan fingerprint density at radius 2 is 2.08 bits per heavy atom. The molecular formula is C7H8Br3NO. The highest BCUT2D eigenvalue weighted by Gasteiger charge is 2.04. The quantitative estimate of drug-likeness (QED) is 0.777. The molecule has 0 fully saturated rings. The monoisotopic (exact) mass is 359 g/mol. The van der Waals surface area contributed by atoms with E-state index in [0.717, 1.165) is 5.56 Å². The second-order valence-corrected chi connectivity index (χ2v) is 5.23. The van der Waals surface area contributed by atoms with Crippen LogP contribution in [0.15, 0.2) is 12.3 Å². The van der Waals surface area contributed by atoms with Crippen LogP contribution in [0.4, 0.5) is 0 Å². The fraction of sp³-hybridized carbons (Fsp3) is 0.286. The molecule has 0 amide bonds. The summed E-state index contributed by atoms with van der Waals surface area (Å²) in [5.74, 6) is 0.228. The van der Waals surface area contributed by atoms with Crippen LogP contribution >= 0.6 is 48.8 Å². The molecular weight excluding hydrogens is 354 g/mol. The van der Waals surface area contributed by atoms with E-state index in [1.807, 2.05) is 0 Å². The largest absolute Gasteiger partial charge is 0.506 e. The predicted molar refractivity (Wildman–Crippen MR) is 61.6 cm³/mol. The average molecular weight is 362 g/mol. The number of rotatable bonds is 1. The van der Waals surface area contributed by atoms with Gasteiger partial charge in [-0.1, -0.05) is 31.9 Å². The van der Waals surface area contributed by atoms with Gasteiger partial charge in [0.2, 0.25) is 0 Å². The van der Waals surface area contributed by atoms with Gasteiger partial charge in [0.15, 0.2) is 0 Å². The number of aromatic hydroxyl groups is 1. The Morgan fingerprint density at radius 1 is 1.50 bits per heavy atom. The van der Waals surface area contributed by atoms with Crippen LogP contribution < -0.4 is 0 Å². The normalized spacial score (nSPS) is 9.67. The van der Waals surface area contributed by atoms with Gasteiger partial charge in [-0.2, -0.15) is 0 Å². The zero-order chi connectivity index (χ0) is 8.43. The third-order valence-corrected chi connectivity index (χ3v) is 2.39. The van der Waals surface area contributed by atoms with E-state index in [0.29, 0.717) is 5.69 Å². The lowest BCUT2D eigenvalue weighted by Gasteiger charge is -2.03. The summed E-state index contributed by atoms with van der Waals surface area (Å²) >= 11 is 6.61. The van der Waals surface area contributed by atoms with Gasteiger partial charge in [0.05, 0.1) is 9.43 Å². The second kappa shape index (κ2) is 5.19. The van der Waals surface area contributed by atoms with Gasteiger partial charge in [-0.25, -0.2) is 0 Å². The molecule has 0 aliphatic carbocycles. The maximum atomic E-state index is 9.24. The minimum atomic E-state index is 0. The van der Waals surface area contributed by atoms with Crippen molar-refractivity contribution in [1.82, 2.24) is 4.98 Å². The van der Waals surface area contributed by atoms with E-state index in [9.17, 15) is 5.11 Å². The SMILES string of the molecule is Br.Cc1ncc(C(Br)Br)cc1O. The van der Waals surface area contributed by atoms with Gasteiger partial charge in [0.25, 0.3) is 0 Å². The molecule has 0 saturated heterocycles. The highest BCUT2D eigenvalue weighted by Crippen LogP contribution is 2.30. The summed E-state index contributed by atoms with van der Waals surface area (Å²) in [5.41, 5.74) is 1.56. The van der Waals surface area contributed by atoms with E-state index in [-0.39, 0.29) is 26.5 Å². The molecule has 5 heteroatoms. The predicted octanol–water partition coefficient (Wildman–Crippen LogP) is 3.46. The molecule has 1 rings (SSSR count). The number of aryl methyl sites for hydroxylation is 1. The van der Waals surface area contributed by atoms with Crippen molar-refractivity contribution in [2.75, 3.05) is 0 Å². The molecule has 0 spiro atoms. The summed E-state index contributed by atoms with van der Waals surface area (Å²) in [6, 6.07) is 1.68. The maximum Gasteiger partial charge on any atom is 0.137 e. The van der Waals surface area contributed by atoms with Crippen molar-refractivity contribution in [1.29, 1.82) is 0 Å². The fourth-order valence-electron chi connectivity index (χ4n) is 0.656. The number of alkyl halides is 2. The van der Waals surface area contributed by atoms with E-state index >= 15 is 0 Å². The highest BCUT2D eigenvalue weighted by atomic mass is 79.9. The van der Waals surface area contributed by atoms with Gasteiger partial charge in [0.1, 0.15) is 5.75 Å². The lowest BCUT2D eigenvalue weighted by Crippen LogP contribution is -1.86. The Bertz CT molecular complexity index is 265. The summed E-state index contributed by atoms with van der Waals surface area (Å²) in [4.78, 5) is 3.99. The van der Waals surface area contributed by atoms with Crippen LogP contribution in [0.1, 0.15) is 15.0 Å². The molecule has 12 heavy (non-hydrogen) atoms. The molecule has 1 aromatic rings. The van der Waals surface area contributed by atoms with Gasteiger partial charge < -0.3 is 5.11 Å². The van der Waals surface area contributed by atoms with E-state index in [1.54, 1.807) is 19.2 Å². The second-order valence-electron chi connectivity index (χ2n) is 2.17. The molecule has 68 valence electrons. The first-order chi connectivity index (χ1) is 5.11. The molecule has 0 saturated carbocycles. The molecule has 1 heterocycles. The number of hydrogen-bond donors (Lipinski definition) is 1. The van der Waals surface area contributed by atoms with Crippen LogP contribution in [0.3, 0.4) is 0 Å². The highest BCUT2D eigenvalue weighted by molar-refractivity contribution is 9.24. The van der Waals surface area contributed by atoms with E-state index in [2.05, 4.69) is 36.8 Å².